The Morgan fingerprint density at radius 2 is 1.95 bits per heavy atom. The van der Waals surface area contributed by atoms with E-state index in [-0.39, 0.29) is 29.4 Å². The van der Waals surface area contributed by atoms with Crippen LogP contribution < -0.4 is 5.32 Å². The molecule has 0 bridgehead atoms. The second kappa shape index (κ2) is 5.51. The SMILES string of the molecule is CCCC1NC(=O)C(CC)N(C2(CC)CCC2)C1=O. The first-order valence-corrected chi connectivity index (χ1v) is 7.73. The van der Waals surface area contributed by atoms with Gasteiger partial charge in [0, 0.05) is 5.54 Å². The van der Waals surface area contributed by atoms with Crippen LogP contribution in [0.4, 0.5) is 0 Å². The predicted octanol–water partition coefficient (Wildman–Crippen LogP) is 2.22. The minimum Gasteiger partial charge on any atom is -0.343 e. The molecule has 4 nitrogen and oxygen atoms in total. The summed E-state index contributed by atoms with van der Waals surface area (Å²) in [5, 5.41) is 2.91. The van der Waals surface area contributed by atoms with Crippen LogP contribution in [0.3, 0.4) is 0 Å². The number of carbonyl (C=O) groups excluding carboxylic acids is 2. The van der Waals surface area contributed by atoms with E-state index in [0.29, 0.717) is 6.42 Å². The number of amides is 2. The van der Waals surface area contributed by atoms with Crippen LogP contribution in [-0.2, 0) is 9.59 Å². The Morgan fingerprint density at radius 1 is 1.26 bits per heavy atom. The van der Waals surface area contributed by atoms with Gasteiger partial charge in [0.25, 0.3) is 0 Å². The molecule has 1 aliphatic carbocycles. The Labute approximate surface area is 115 Å². The normalized spacial score (nSPS) is 29.9. The van der Waals surface area contributed by atoms with Gasteiger partial charge in [0.15, 0.2) is 0 Å². The van der Waals surface area contributed by atoms with E-state index >= 15 is 0 Å². The van der Waals surface area contributed by atoms with Crippen LogP contribution in [0, 0.1) is 0 Å². The van der Waals surface area contributed by atoms with E-state index in [9.17, 15) is 9.59 Å². The van der Waals surface area contributed by atoms with Crippen LogP contribution in [0.5, 0.6) is 0 Å². The van der Waals surface area contributed by atoms with Gasteiger partial charge in [-0.3, -0.25) is 9.59 Å². The van der Waals surface area contributed by atoms with E-state index in [4.69, 9.17) is 0 Å². The van der Waals surface area contributed by atoms with Crippen LogP contribution in [0.25, 0.3) is 0 Å². The van der Waals surface area contributed by atoms with E-state index in [1.54, 1.807) is 0 Å². The molecule has 4 heteroatoms. The van der Waals surface area contributed by atoms with Crippen LogP contribution in [0.1, 0.15) is 65.7 Å². The van der Waals surface area contributed by atoms with Crippen molar-refractivity contribution >= 4 is 11.8 Å². The fraction of sp³-hybridized carbons (Fsp3) is 0.867. The number of hydrogen-bond donors (Lipinski definition) is 1. The quantitative estimate of drug-likeness (QED) is 0.829. The minimum atomic E-state index is -0.302. The van der Waals surface area contributed by atoms with Crippen molar-refractivity contribution in [1.29, 1.82) is 0 Å². The summed E-state index contributed by atoms with van der Waals surface area (Å²) in [4.78, 5) is 27.0. The lowest BCUT2D eigenvalue weighted by molar-refractivity contribution is -0.162. The number of carbonyl (C=O) groups is 2. The molecule has 19 heavy (non-hydrogen) atoms. The Kier molecular flexibility index (Phi) is 4.16. The van der Waals surface area contributed by atoms with Gasteiger partial charge in [-0.1, -0.05) is 27.2 Å². The van der Waals surface area contributed by atoms with Crippen molar-refractivity contribution in [3.63, 3.8) is 0 Å². The summed E-state index contributed by atoms with van der Waals surface area (Å²) < 4.78 is 0. The number of piperazine rings is 1. The van der Waals surface area contributed by atoms with Crippen molar-refractivity contribution in [3.05, 3.63) is 0 Å². The largest absolute Gasteiger partial charge is 0.343 e. The van der Waals surface area contributed by atoms with Gasteiger partial charge >= 0.3 is 0 Å². The molecule has 1 aliphatic heterocycles. The summed E-state index contributed by atoms with van der Waals surface area (Å²) in [6.07, 6.45) is 6.61. The highest BCUT2D eigenvalue weighted by molar-refractivity contribution is 5.97. The topological polar surface area (TPSA) is 49.4 Å². The summed E-state index contributed by atoms with van der Waals surface area (Å²) in [6.45, 7) is 6.18. The zero-order valence-corrected chi connectivity index (χ0v) is 12.4. The predicted molar refractivity (Wildman–Crippen MR) is 74.6 cm³/mol. The molecule has 2 amide bonds. The maximum absolute atomic E-state index is 12.7. The Morgan fingerprint density at radius 3 is 2.37 bits per heavy atom. The first-order chi connectivity index (χ1) is 9.09. The summed E-state index contributed by atoms with van der Waals surface area (Å²) in [6, 6.07) is -0.565. The summed E-state index contributed by atoms with van der Waals surface area (Å²) >= 11 is 0. The van der Waals surface area contributed by atoms with Crippen molar-refractivity contribution in [1.82, 2.24) is 10.2 Å². The monoisotopic (exact) mass is 266 g/mol. The van der Waals surface area contributed by atoms with Gasteiger partial charge in [0.2, 0.25) is 11.8 Å². The molecule has 0 spiro atoms. The molecular formula is C15H26N2O2. The van der Waals surface area contributed by atoms with E-state index < -0.39 is 0 Å². The second-order valence-electron chi connectivity index (χ2n) is 5.91. The molecule has 1 saturated heterocycles. The number of nitrogens with one attached hydrogen (secondary N) is 1. The fourth-order valence-electron chi connectivity index (χ4n) is 3.53. The Bertz CT molecular complexity index is 358. The molecule has 0 aromatic rings. The molecule has 2 rings (SSSR count). The van der Waals surface area contributed by atoms with Crippen molar-refractivity contribution < 1.29 is 9.59 Å². The van der Waals surface area contributed by atoms with E-state index in [1.807, 2.05) is 11.8 Å². The minimum absolute atomic E-state index is 0.0402. The summed E-state index contributed by atoms with van der Waals surface area (Å²) in [5.41, 5.74) is -0.0402. The summed E-state index contributed by atoms with van der Waals surface area (Å²) in [5.74, 6) is 0.190. The lowest BCUT2D eigenvalue weighted by Crippen LogP contribution is -2.71. The molecule has 108 valence electrons. The van der Waals surface area contributed by atoms with E-state index in [1.165, 1.54) is 6.42 Å². The maximum atomic E-state index is 12.7. The lowest BCUT2D eigenvalue weighted by atomic mass is 9.71. The van der Waals surface area contributed by atoms with Gasteiger partial charge in [-0.25, -0.2) is 0 Å². The Balaban J connectivity index is 2.28. The van der Waals surface area contributed by atoms with Crippen LogP contribution in [0.2, 0.25) is 0 Å². The van der Waals surface area contributed by atoms with Crippen molar-refractivity contribution in [2.75, 3.05) is 0 Å². The van der Waals surface area contributed by atoms with Gasteiger partial charge in [0.05, 0.1) is 0 Å². The molecule has 0 radical (unpaired) electrons. The van der Waals surface area contributed by atoms with Gasteiger partial charge in [-0.05, 0) is 38.5 Å². The van der Waals surface area contributed by atoms with Crippen LogP contribution >= 0.6 is 0 Å². The molecule has 2 fully saturated rings. The molecule has 0 aromatic carbocycles. The third kappa shape index (κ3) is 2.26. The number of rotatable bonds is 5. The number of nitrogens with zero attached hydrogens (tertiary/aromatic N) is 1. The second-order valence-corrected chi connectivity index (χ2v) is 5.91. The molecule has 1 saturated carbocycles. The highest BCUT2D eigenvalue weighted by atomic mass is 16.2. The highest BCUT2D eigenvalue weighted by Gasteiger charge is 2.51. The van der Waals surface area contributed by atoms with Gasteiger partial charge < -0.3 is 10.2 Å². The number of hydrogen-bond acceptors (Lipinski definition) is 2. The smallest absolute Gasteiger partial charge is 0.246 e. The van der Waals surface area contributed by atoms with Gasteiger partial charge in [-0.2, -0.15) is 0 Å². The van der Waals surface area contributed by atoms with Gasteiger partial charge in [0.1, 0.15) is 12.1 Å². The van der Waals surface area contributed by atoms with Crippen LogP contribution in [0.15, 0.2) is 0 Å². The van der Waals surface area contributed by atoms with Crippen molar-refractivity contribution in [2.24, 2.45) is 0 Å². The first kappa shape index (κ1) is 14.4. The first-order valence-electron chi connectivity index (χ1n) is 7.73. The third-order valence-corrected chi connectivity index (χ3v) is 4.88. The van der Waals surface area contributed by atoms with Crippen molar-refractivity contribution in [3.8, 4) is 0 Å². The van der Waals surface area contributed by atoms with E-state index in [0.717, 1.165) is 32.1 Å². The van der Waals surface area contributed by atoms with E-state index in [2.05, 4.69) is 19.2 Å². The van der Waals surface area contributed by atoms with Crippen molar-refractivity contribution in [2.45, 2.75) is 83.3 Å². The lowest BCUT2D eigenvalue weighted by Gasteiger charge is -2.55. The average Bonchev–Trinajstić information content (AvgIpc) is 2.34. The highest BCUT2D eigenvalue weighted by Crippen LogP contribution is 2.43. The molecule has 1 N–H and O–H groups in total. The zero-order valence-electron chi connectivity index (χ0n) is 12.4. The van der Waals surface area contributed by atoms with Gasteiger partial charge in [-0.15, -0.1) is 0 Å². The Hall–Kier alpha value is -1.06. The average molecular weight is 266 g/mol. The third-order valence-electron chi connectivity index (χ3n) is 4.88. The van der Waals surface area contributed by atoms with Crippen LogP contribution in [-0.4, -0.2) is 34.3 Å². The molecule has 2 aliphatic rings. The maximum Gasteiger partial charge on any atom is 0.246 e. The molecule has 0 aromatic heterocycles. The molecule has 2 atom stereocenters. The molecular weight excluding hydrogens is 240 g/mol. The summed E-state index contributed by atoms with van der Waals surface area (Å²) in [7, 11) is 0. The zero-order chi connectivity index (χ0) is 14.0. The molecule has 2 unspecified atom stereocenters. The standard InChI is InChI=1S/C15H26N2O2/c1-4-8-11-14(19)17(12(5-2)13(18)16-11)15(6-3)9-7-10-15/h11-12H,4-10H2,1-3H3,(H,16,18). The fourth-order valence-corrected chi connectivity index (χ4v) is 3.53. The molecule has 1 heterocycles.